The normalized spacial score (nSPS) is 16.4. The summed E-state index contributed by atoms with van der Waals surface area (Å²) in [6, 6.07) is 8.18. The fourth-order valence-corrected chi connectivity index (χ4v) is 3.57. The van der Waals surface area contributed by atoms with Crippen molar-refractivity contribution in [3.63, 3.8) is 0 Å². The molecule has 5 heteroatoms. The van der Waals surface area contributed by atoms with Gasteiger partial charge in [0.25, 0.3) is 0 Å². The van der Waals surface area contributed by atoms with E-state index in [2.05, 4.69) is 6.92 Å². The van der Waals surface area contributed by atoms with E-state index in [0.717, 1.165) is 30.4 Å². The number of benzene rings is 2. The minimum absolute atomic E-state index is 0.0211. The maximum absolute atomic E-state index is 14.6. The highest BCUT2D eigenvalue weighted by Crippen LogP contribution is 2.33. The van der Waals surface area contributed by atoms with Crippen LogP contribution >= 0.6 is 0 Å². The van der Waals surface area contributed by atoms with Crippen molar-refractivity contribution >= 4 is 5.57 Å². The molecule has 3 rings (SSSR count). The van der Waals surface area contributed by atoms with Gasteiger partial charge < -0.3 is 9.47 Å². The van der Waals surface area contributed by atoms with Gasteiger partial charge in [-0.25, -0.2) is 8.78 Å². The van der Waals surface area contributed by atoms with Crippen LogP contribution in [-0.2, 0) is 11.3 Å². The van der Waals surface area contributed by atoms with Gasteiger partial charge in [0.05, 0.1) is 19.3 Å². The van der Waals surface area contributed by atoms with Gasteiger partial charge in [0.2, 0.25) is 5.82 Å². The van der Waals surface area contributed by atoms with Crippen molar-refractivity contribution in [2.24, 2.45) is 0 Å². The second-order valence-corrected chi connectivity index (χ2v) is 7.82. The van der Waals surface area contributed by atoms with Crippen molar-refractivity contribution in [2.45, 2.75) is 65.1 Å². The molecule has 1 atom stereocenters. The third kappa shape index (κ3) is 5.66. The first-order valence-corrected chi connectivity index (χ1v) is 10.7. The number of rotatable bonds is 9. The molecule has 2 nitrogen and oxygen atoms in total. The van der Waals surface area contributed by atoms with E-state index in [-0.39, 0.29) is 23.2 Å². The number of aryl methyl sites for hydroxylation is 1. The van der Waals surface area contributed by atoms with Crippen LogP contribution in [0.4, 0.5) is 13.2 Å². The quantitative estimate of drug-likeness (QED) is 0.403. The second kappa shape index (κ2) is 10.7. The van der Waals surface area contributed by atoms with E-state index in [0.29, 0.717) is 38.0 Å². The van der Waals surface area contributed by atoms with Crippen molar-refractivity contribution < 1.29 is 22.6 Å². The van der Waals surface area contributed by atoms with Crippen LogP contribution in [0.25, 0.3) is 5.57 Å². The highest BCUT2D eigenvalue weighted by atomic mass is 19.2. The Balaban J connectivity index is 1.57. The molecule has 1 aliphatic rings. The third-order valence-corrected chi connectivity index (χ3v) is 5.48. The largest absolute Gasteiger partial charge is 0.490 e. The standard InChI is InChI=1S/C25H29F3O2/c1-3-4-5-14-29-23-13-12-21(24(27)25(23)28)19-8-10-20(11-9-19)30-16-18-7-6-17(2)22(26)15-18/h6-8,12-13,15,20H,3-5,9-11,14,16H2,1-2H3. The predicted molar refractivity (Wildman–Crippen MR) is 113 cm³/mol. The zero-order chi connectivity index (χ0) is 21.5. The molecule has 0 aromatic heterocycles. The lowest BCUT2D eigenvalue weighted by atomic mass is 9.91. The molecule has 2 aromatic carbocycles. The van der Waals surface area contributed by atoms with Gasteiger partial charge in [-0.3, -0.25) is 0 Å². The molecular formula is C25H29F3O2. The van der Waals surface area contributed by atoms with E-state index >= 15 is 0 Å². The Hall–Kier alpha value is -2.27. The fourth-order valence-electron chi connectivity index (χ4n) is 3.57. The number of halogens is 3. The lowest BCUT2D eigenvalue weighted by Crippen LogP contribution is -2.16. The van der Waals surface area contributed by atoms with E-state index in [1.165, 1.54) is 12.1 Å². The van der Waals surface area contributed by atoms with Crippen LogP contribution < -0.4 is 4.74 Å². The molecule has 0 saturated heterocycles. The van der Waals surface area contributed by atoms with Gasteiger partial charge in [-0.2, -0.15) is 4.39 Å². The number of unbranched alkanes of at least 4 members (excludes halogenated alkanes) is 2. The van der Waals surface area contributed by atoms with E-state index in [4.69, 9.17) is 9.47 Å². The molecule has 1 aliphatic carbocycles. The average Bonchev–Trinajstić information content (AvgIpc) is 2.75. The fraction of sp³-hybridized carbons (Fsp3) is 0.440. The topological polar surface area (TPSA) is 18.5 Å². The molecule has 0 N–H and O–H groups in total. The van der Waals surface area contributed by atoms with Gasteiger partial charge in [-0.1, -0.05) is 38.0 Å². The number of hydrogen-bond donors (Lipinski definition) is 0. The SMILES string of the molecule is CCCCCOc1ccc(C2=CCC(OCc3ccc(C)c(F)c3)CC2)c(F)c1F. The first-order valence-electron chi connectivity index (χ1n) is 10.7. The van der Waals surface area contributed by atoms with Crippen LogP contribution in [0.15, 0.2) is 36.4 Å². The van der Waals surface area contributed by atoms with E-state index < -0.39 is 11.6 Å². The maximum atomic E-state index is 14.6. The lowest BCUT2D eigenvalue weighted by Gasteiger charge is -2.23. The van der Waals surface area contributed by atoms with Crippen LogP contribution in [0.5, 0.6) is 5.75 Å². The Morgan fingerprint density at radius 1 is 1.03 bits per heavy atom. The molecular weight excluding hydrogens is 389 g/mol. The zero-order valence-corrected chi connectivity index (χ0v) is 17.6. The van der Waals surface area contributed by atoms with Gasteiger partial charge in [0.15, 0.2) is 11.6 Å². The molecule has 0 saturated carbocycles. The van der Waals surface area contributed by atoms with Crippen molar-refractivity contribution in [2.75, 3.05) is 6.61 Å². The van der Waals surface area contributed by atoms with Gasteiger partial charge in [-0.05, 0) is 67.5 Å². The minimum Gasteiger partial charge on any atom is -0.490 e. The Labute approximate surface area is 176 Å². The first-order chi connectivity index (χ1) is 14.5. The van der Waals surface area contributed by atoms with Crippen LogP contribution in [0.2, 0.25) is 0 Å². The van der Waals surface area contributed by atoms with Crippen LogP contribution in [-0.4, -0.2) is 12.7 Å². The monoisotopic (exact) mass is 418 g/mol. The summed E-state index contributed by atoms with van der Waals surface area (Å²) < 4.78 is 53.9. The van der Waals surface area contributed by atoms with Gasteiger partial charge in [0.1, 0.15) is 5.82 Å². The minimum atomic E-state index is -0.926. The molecule has 162 valence electrons. The van der Waals surface area contributed by atoms with Crippen LogP contribution in [0.3, 0.4) is 0 Å². The second-order valence-electron chi connectivity index (χ2n) is 7.82. The lowest BCUT2D eigenvalue weighted by molar-refractivity contribution is 0.0358. The Morgan fingerprint density at radius 2 is 1.87 bits per heavy atom. The van der Waals surface area contributed by atoms with E-state index in [9.17, 15) is 13.2 Å². The molecule has 0 heterocycles. The summed E-state index contributed by atoms with van der Waals surface area (Å²) in [4.78, 5) is 0. The zero-order valence-electron chi connectivity index (χ0n) is 17.6. The molecule has 0 aliphatic heterocycles. The summed E-state index contributed by atoms with van der Waals surface area (Å²) in [7, 11) is 0. The Kier molecular flexibility index (Phi) is 7.97. The molecule has 1 unspecified atom stereocenters. The number of allylic oxidation sites excluding steroid dienone is 1. The summed E-state index contributed by atoms with van der Waals surface area (Å²) in [6.45, 7) is 4.51. The summed E-state index contributed by atoms with van der Waals surface area (Å²) in [5, 5.41) is 0. The third-order valence-electron chi connectivity index (χ3n) is 5.48. The number of ether oxygens (including phenoxy) is 2. The van der Waals surface area contributed by atoms with E-state index in [1.54, 1.807) is 19.1 Å². The van der Waals surface area contributed by atoms with Gasteiger partial charge >= 0.3 is 0 Å². The molecule has 2 aromatic rings. The van der Waals surface area contributed by atoms with Crippen molar-refractivity contribution in [3.05, 3.63) is 70.5 Å². The smallest absolute Gasteiger partial charge is 0.201 e. The molecule has 0 bridgehead atoms. The summed E-state index contributed by atoms with van der Waals surface area (Å²) in [6.07, 6.45) is 6.66. The van der Waals surface area contributed by atoms with Crippen molar-refractivity contribution in [1.29, 1.82) is 0 Å². The Bertz CT molecular complexity index is 892. The molecule has 0 amide bonds. The Morgan fingerprint density at radius 3 is 2.57 bits per heavy atom. The van der Waals surface area contributed by atoms with Crippen molar-refractivity contribution in [3.8, 4) is 5.75 Å². The summed E-state index contributed by atoms with van der Waals surface area (Å²) in [5.41, 5.74) is 2.46. The van der Waals surface area contributed by atoms with Crippen LogP contribution in [0.1, 0.15) is 62.1 Å². The number of hydrogen-bond acceptors (Lipinski definition) is 2. The van der Waals surface area contributed by atoms with Gasteiger partial charge in [-0.15, -0.1) is 0 Å². The van der Waals surface area contributed by atoms with Crippen LogP contribution in [0, 0.1) is 24.4 Å². The maximum Gasteiger partial charge on any atom is 0.201 e. The van der Waals surface area contributed by atoms with Crippen molar-refractivity contribution in [1.82, 2.24) is 0 Å². The van der Waals surface area contributed by atoms with Gasteiger partial charge in [0, 0.05) is 5.56 Å². The molecule has 0 radical (unpaired) electrons. The summed E-state index contributed by atoms with van der Waals surface area (Å²) in [5.74, 6) is -2.05. The summed E-state index contributed by atoms with van der Waals surface area (Å²) >= 11 is 0. The van der Waals surface area contributed by atoms with E-state index in [1.807, 2.05) is 12.1 Å². The molecule has 30 heavy (non-hydrogen) atoms. The predicted octanol–water partition coefficient (Wildman–Crippen LogP) is 7.13. The first kappa shape index (κ1) is 22.4. The highest BCUT2D eigenvalue weighted by Gasteiger charge is 2.21. The average molecular weight is 418 g/mol. The molecule has 0 spiro atoms. The highest BCUT2D eigenvalue weighted by molar-refractivity contribution is 5.67. The molecule has 0 fully saturated rings.